The summed E-state index contributed by atoms with van der Waals surface area (Å²) in [6, 6.07) is 11.2. The van der Waals surface area contributed by atoms with Crippen molar-refractivity contribution in [2.75, 3.05) is 20.7 Å². The Morgan fingerprint density at radius 1 is 1.07 bits per heavy atom. The third kappa shape index (κ3) is 4.34. The molecule has 1 aromatic carbocycles. The maximum atomic E-state index is 13.0. The number of pyridine rings is 1. The molecule has 0 N–H and O–H groups in total. The fraction of sp³-hybridized carbons (Fsp3) is 0.273. The van der Waals surface area contributed by atoms with Gasteiger partial charge in [-0.05, 0) is 42.8 Å². The summed E-state index contributed by atoms with van der Waals surface area (Å²) in [4.78, 5) is 28.0. The lowest BCUT2D eigenvalue weighted by Crippen LogP contribution is -2.28. The normalized spacial score (nSPS) is 10.5. The average molecular weight is 376 g/mol. The van der Waals surface area contributed by atoms with Crippen LogP contribution in [0.25, 0.3) is 22.6 Å². The Bertz CT molecular complexity index is 927. The van der Waals surface area contributed by atoms with Gasteiger partial charge >= 0.3 is 0 Å². The summed E-state index contributed by atoms with van der Waals surface area (Å²) in [5, 5.41) is 0. The molecule has 2 aromatic heterocycles. The largest absolute Gasteiger partial charge is 0.497 e. The number of unbranched alkanes of at least 4 members (excludes halogenated alkanes) is 1. The molecule has 28 heavy (non-hydrogen) atoms. The lowest BCUT2D eigenvalue weighted by molar-refractivity contribution is 0.0793. The third-order valence-corrected chi connectivity index (χ3v) is 4.51. The van der Waals surface area contributed by atoms with Gasteiger partial charge in [0.15, 0.2) is 5.82 Å². The van der Waals surface area contributed by atoms with E-state index in [0.717, 1.165) is 29.7 Å². The van der Waals surface area contributed by atoms with Crippen molar-refractivity contribution in [2.45, 2.75) is 19.8 Å². The number of nitrogens with zero attached hydrogens (tertiary/aromatic N) is 4. The number of hydrogen-bond acceptors (Lipinski definition) is 5. The summed E-state index contributed by atoms with van der Waals surface area (Å²) in [5.74, 6) is 1.24. The Hall–Kier alpha value is -3.28. The van der Waals surface area contributed by atoms with Crippen LogP contribution in [0.4, 0.5) is 0 Å². The zero-order valence-electron chi connectivity index (χ0n) is 16.4. The van der Waals surface area contributed by atoms with Crippen molar-refractivity contribution in [3.63, 3.8) is 0 Å². The van der Waals surface area contributed by atoms with Gasteiger partial charge in [0, 0.05) is 43.3 Å². The minimum Gasteiger partial charge on any atom is -0.497 e. The van der Waals surface area contributed by atoms with Crippen LogP contribution >= 0.6 is 0 Å². The zero-order chi connectivity index (χ0) is 19.9. The van der Waals surface area contributed by atoms with E-state index >= 15 is 0 Å². The first-order valence-corrected chi connectivity index (χ1v) is 9.31. The van der Waals surface area contributed by atoms with Crippen LogP contribution in [0, 0.1) is 0 Å². The average Bonchev–Trinajstić information content (AvgIpc) is 2.77. The zero-order valence-corrected chi connectivity index (χ0v) is 16.4. The van der Waals surface area contributed by atoms with E-state index in [1.165, 1.54) is 0 Å². The molecular formula is C22H24N4O2. The lowest BCUT2D eigenvalue weighted by atomic mass is 10.1. The number of methoxy groups -OCH3 is 1. The molecule has 6 heteroatoms. The molecule has 0 unspecified atom stereocenters. The standard InChI is InChI=1S/C22H24N4O2/c1-4-5-14-26(2)22(27)19-15-24-21(17-6-8-18(28-3)9-7-17)25-20(19)16-10-12-23-13-11-16/h6-13,15H,4-5,14H2,1-3H3. The molecule has 0 spiro atoms. The van der Waals surface area contributed by atoms with Crippen LogP contribution in [0.2, 0.25) is 0 Å². The molecule has 0 saturated carbocycles. The van der Waals surface area contributed by atoms with Crippen molar-refractivity contribution in [3.05, 3.63) is 60.6 Å². The van der Waals surface area contributed by atoms with E-state index in [0.29, 0.717) is 23.6 Å². The highest BCUT2D eigenvalue weighted by Crippen LogP contribution is 2.26. The van der Waals surface area contributed by atoms with Gasteiger partial charge in [-0.1, -0.05) is 13.3 Å². The molecule has 3 aromatic rings. The second kappa shape index (κ2) is 9.08. The number of rotatable bonds is 7. The van der Waals surface area contributed by atoms with Gasteiger partial charge in [0.25, 0.3) is 5.91 Å². The number of aromatic nitrogens is 3. The predicted molar refractivity (Wildman–Crippen MR) is 109 cm³/mol. The van der Waals surface area contributed by atoms with Crippen LogP contribution in [-0.4, -0.2) is 46.5 Å². The van der Waals surface area contributed by atoms with Gasteiger partial charge in [0.2, 0.25) is 0 Å². The monoisotopic (exact) mass is 376 g/mol. The quantitative estimate of drug-likeness (QED) is 0.621. The second-order valence-corrected chi connectivity index (χ2v) is 6.50. The van der Waals surface area contributed by atoms with Crippen molar-refractivity contribution < 1.29 is 9.53 Å². The molecular weight excluding hydrogens is 352 g/mol. The van der Waals surface area contributed by atoms with Crippen LogP contribution in [0.3, 0.4) is 0 Å². The van der Waals surface area contributed by atoms with E-state index in [1.807, 2.05) is 43.4 Å². The number of benzene rings is 1. The highest BCUT2D eigenvalue weighted by atomic mass is 16.5. The van der Waals surface area contributed by atoms with Crippen molar-refractivity contribution >= 4 is 5.91 Å². The molecule has 1 amide bonds. The van der Waals surface area contributed by atoms with E-state index in [4.69, 9.17) is 9.72 Å². The Kier molecular flexibility index (Phi) is 6.32. The van der Waals surface area contributed by atoms with E-state index in [2.05, 4.69) is 16.9 Å². The SMILES string of the molecule is CCCCN(C)C(=O)c1cnc(-c2ccc(OC)cc2)nc1-c1ccncc1. The van der Waals surface area contributed by atoms with Crippen molar-refractivity contribution in [3.8, 4) is 28.4 Å². The summed E-state index contributed by atoms with van der Waals surface area (Å²) in [6.07, 6.45) is 6.99. The van der Waals surface area contributed by atoms with Crippen molar-refractivity contribution in [1.29, 1.82) is 0 Å². The first-order valence-electron chi connectivity index (χ1n) is 9.31. The molecule has 0 bridgehead atoms. The number of carbonyl (C=O) groups is 1. The van der Waals surface area contributed by atoms with Crippen LogP contribution in [0.5, 0.6) is 5.75 Å². The summed E-state index contributed by atoms with van der Waals surface area (Å²) < 4.78 is 5.21. The first kappa shape index (κ1) is 19.5. The van der Waals surface area contributed by atoms with Gasteiger partial charge in [-0.2, -0.15) is 0 Å². The van der Waals surface area contributed by atoms with E-state index in [-0.39, 0.29) is 5.91 Å². The Labute approximate surface area is 165 Å². The van der Waals surface area contributed by atoms with Crippen LogP contribution in [-0.2, 0) is 0 Å². The molecule has 0 aliphatic carbocycles. The number of ether oxygens (including phenoxy) is 1. The lowest BCUT2D eigenvalue weighted by Gasteiger charge is -2.18. The minimum absolute atomic E-state index is 0.0819. The Morgan fingerprint density at radius 2 is 1.79 bits per heavy atom. The van der Waals surface area contributed by atoms with Gasteiger partial charge in [-0.3, -0.25) is 9.78 Å². The van der Waals surface area contributed by atoms with Gasteiger partial charge in [-0.25, -0.2) is 9.97 Å². The molecule has 6 nitrogen and oxygen atoms in total. The smallest absolute Gasteiger partial charge is 0.257 e. The van der Waals surface area contributed by atoms with E-state index in [1.54, 1.807) is 30.6 Å². The fourth-order valence-corrected chi connectivity index (χ4v) is 2.85. The van der Waals surface area contributed by atoms with Gasteiger partial charge in [-0.15, -0.1) is 0 Å². The van der Waals surface area contributed by atoms with Gasteiger partial charge in [0.1, 0.15) is 5.75 Å². The molecule has 0 aliphatic rings. The summed E-state index contributed by atoms with van der Waals surface area (Å²) in [6.45, 7) is 2.80. The number of amides is 1. The maximum Gasteiger partial charge on any atom is 0.257 e. The van der Waals surface area contributed by atoms with Gasteiger partial charge < -0.3 is 9.64 Å². The number of carbonyl (C=O) groups excluding carboxylic acids is 1. The maximum absolute atomic E-state index is 13.0. The summed E-state index contributed by atoms with van der Waals surface area (Å²) in [5.41, 5.74) is 2.78. The van der Waals surface area contributed by atoms with Crippen LogP contribution in [0.15, 0.2) is 55.0 Å². The molecule has 0 aliphatic heterocycles. The van der Waals surface area contributed by atoms with E-state index in [9.17, 15) is 4.79 Å². The predicted octanol–water partition coefficient (Wildman–Crippen LogP) is 4.09. The molecule has 144 valence electrons. The highest BCUT2D eigenvalue weighted by Gasteiger charge is 2.20. The molecule has 0 fully saturated rings. The number of hydrogen-bond donors (Lipinski definition) is 0. The summed E-state index contributed by atoms with van der Waals surface area (Å²) >= 11 is 0. The minimum atomic E-state index is -0.0819. The topological polar surface area (TPSA) is 68.2 Å². The molecule has 0 atom stereocenters. The Balaban J connectivity index is 2.03. The first-order chi connectivity index (χ1) is 13.6. The van der Waals surface area contributed by atoms with E-state index < -0.39 is 0 Å². The van der Waals surface area contributed by atoms with Crippen molar-refractivity contribution in [1.82, 2.24) is 19.9 Å². The summed E-state index contributed by atoms with van der Waals surface area (Å²) in [7, 11) is 3.44. The molecule has 0 saturated heterocycles. The Morgan fingerprint density at radius 3 is 2.43 bits per heavy atom. The molecule has 3 rings (SSSR count). The second-order valence-electron chi connectivity index (χ2n) is 6.50. The molecule has 0 radical (unpaired) electrons. The van der Waals surface area contributed by atoms with Gasteiger partial charge in [0.05, 0.1) is 18.4 Å². The van der Waals surface area contributed by atoms with Crippen molar-refractivity contribution in [2.24, 2.45) is 0 Å². The highest BCUT2D eigenvalue weighted by molar-refractivity contribution is 5.99. The van der Waals surface area contributed by atoms with Crippen LogP contribution < -0.4 is 4.74 Å². The fourth-order valence-electron chi connectivity index (χ4n) is 2.85. The van der Waals surface area contributed by atoms with Crippen LogP contribution in [0.1, 0.15) is 30.1 Å². The third-order valence-electron chi connectivity index (χ3n) is 4.51. The molecule has 2 heterocycles.